The first-order valence-corrected chi connectivity index (χ1v) is 3.88. The lowest BCUT2D eigenvalue weighted by atomic mass is 10.2. The number of hydrogen-bond acceptors (Lipinski definition) is 3. The Balaban J connectivity index is 3.78. The van der Waals surface area contributed by atoms with Gasteiger partial charge < -0.3 is 16.2 Å². The van der Waals surface area contributed by atoms with Crippen LogP contribution in [-0.4, -0.2) is 29.7 Å². The quantitative estimate of drug-likeness (QED) is 0.244. The van der Waals surface area contributed by atoms with Gasteiger partial charge in [-0.25, -0.2) is 4.79 Å². The highest BCUT2D eigenvalue weighted by atomic mass is 16.4. The molecule has 0 fully saturated rings. The molecule has 8 nitrogen and oxygen atoms in total. The molecule has 0 aromatic rings. The van der Waals surface area contributed by atoms with Crippen molar-refractivity contribution in [3.63, 3.8) is 0 Å². The van der Waals surface area contributed by atoms with Crippen LogP contribution in [0.2, 0.25) is 0 Å². The number of carboxylic acid groups (broad SMARTS) is 1. The topological polar surface area (TPSA) is 141 Å². The number of aliphatic carboxylic acids is 1. The highest BCUT2D eigenvalue weighted by Gasteiger charge is 2.14. The monoisotopic (exact) mass is 201 g/mol. The highest BCUT2D eigenvalue weighted by Crippen LogP contribution is 2.01. The molecule has 0 aliphatic carbocycles. The van der Waals surface area contributed by atoms with Gasteiger partial charge in [0.25, 0.3) is 0 Å². The van der Waals surface area contributed by atoms with E-state index >= 15 is 0 Å². The number of hydrogen-bond donors (Lipinski definition) is 3. The number of urea groups is 1. The summed E-state index contributed by atoms with van der Waals surface area (Å²) in [5.41, 5.74) is 12.8. The number of azide groups is 1. The van der Waals surface area contributed by atoms with Crippen molar-refractivity contribution in [2.45, 2.75) is 18.9 Å². The third-order valence-electron chi connectivity index (χ3n) is 1.43. The Labute approximate surface area is 79.7 Å². The van der Waals surface area contributed by atoms with E-state index < -0.39 is 18.0 Å². The molecule has 2 amide bonds. The predicted molar refractivity (Wildman–Crippen MR) is 47.4 cm³/mol. The first-order chi connectivity index (χ1) is 6.57. The Morgan fingerprint density at radius 2 is 2.29 bits per heavy atom. The molecule has 0 bridgehead atoms. The zero-order valence-electron chi connectivity index (χ0n) is 7.38. The number of carboxylic acids is 1. The van der Waals surface area contributed by atoms with Crippen LogP contribution < -0.4 is 11.1 Å². The van der Waals surface area contributed by atoms with Crippen molar-refractivity contribution >= 4 is 12.0 Å². The fourth-order valence-corrected chi connectivity index (χ4v) is 0.800. The molecule has 0 aromatic heterocycles. The van der Waals surface area contributed by atoms with Gasteiger partial charge in [-0.15, -0.1) is 0 Å². The van der Waals surface area contributed by atoms with E-state index in [1.807, 2.05) is 0 Å². The number of nitrogens with two attached hydrogens (primary N) is 1. The number of primary amides is 1. The van der Waals surface area contributed by atoms with Crippen LogP contribution in [0.5, 0.6) is 0 Å². The number of nitrogens with one attached hydrogen (secondary N) is 1. The number of carbonyl (C=O) groups is 2. The van der Waals surface area contributed by atoms with E-state index in [1.165, 1.54) is 0 Å². The zero-order valence-corrected chi connectivity index (χ0v) is 7.38. The van der Waals surface area contributed by atoms with Gasteiger partial charge in [0, 0.05) is 11.5 Å². The summed E-state index contributed by atoms with van der Waals surface area (Å²) in [5.74, 6) is -1.18. The fraction of sp³-hybridized carbons (Fsp3) is 0.667. The molecule has 0 spiro atoms. The van der Waals surface area contributed by atoms with Crippen molar-refractivity contribution in [1.29, 1.82) is 0 Å². The van der Waals surface area contributed by atoms with Gasteiger partial charge >= 0.3 is 12.0 Å². The minimum Gasteiger partial charge on any atom is -0.481 e. The molecule has 0 saturated heterocycles. The van der Waals surface area contributed by atoms with E-state index in [-0.39, 0.29) is 13.0 Å². The van der Waals surface area contributed by atoms with E-state index in [4.69, 9.17) is 16.4 Å². The van der Waals surface area contributed by atoms with Gasteiger partial charge in [0.2, 0.25) is 0 Å². The number of carbonyl (C=O) groups excluding carboxylic acids is 1. The Morgan fingerprint density at radius 1 is 1.64 bits per heavy atom. The Hall–Kier alpha value is -1.95. The maximum absolute atomic E-state index is 10.4. The van der Waals surface area contributed by atoms with Crippen LogP contribution in [0.4, 0.5) is 4.79 Å². The van der Waals surface area contributed by atoms with E-state index in [9.17, 15) is 9.59 Å². The number of amides is 2. The molecule has 0 saturated carbocycles. The molecule has 0 radical (unpaired) electrons. The first kappa shape index (κ1) is 12.0. The third kappa shape index (κ3) is 5.67. The SMILES string of the molecule is [N-]=[N+]=NC(CCCNC(N)=O)C(=O)O. The minimum absolute atomic E-state index is 0.166. The van der Waals surface area contributed by atoms with Gasteiger partial charge in [-0.2, -0.15) is 0 Å². The molecular weight excluding hydrogens is 190 g/mol. The van der Waals surface area contributed by atoms with Gasteiger partial charge in [0.15, 0.2) is 0 Å². The van der Waals surface area contributed by atoms with E-state index in [2.05, 4.69) is 15.3 Å². The van der Waals surface area contributed by atoms with Crippen molar-refractivity contribution in [1.82, 2.24) is 5.32 Å². The van der Waals surface area contributed by atoms with E-state index in [0.717, 1.165) is 0 Å². The van der Waals surface area contributed by atoms with Crippen molar-refractivity contribution in [3.8, 4) is 0 Å². The van der Waals surface area contributed by atoms with Crippen molar-refractivity contribution in [3.05, 3.63) is 10.4 Å². The zero-order chi connectivity index (χ0) is 11.0. The summed E-state index contributed by atoms with van der Waals surface area (Å²) in [6.07, 6.45) is 0.554. The molecule has 0 aromatic carbocycles. The first-order valence-electron chi connectivity index (χ1n) is 3.88. The molecule has 4 N–H and O–H groups in total. The standard InChI is InChI=1S/C6H11N5O3/c7-6(14)9-3-1-2-4(5(12)13)10-11-8/h4H,1-3H2,(H,12,13)(H3,7,9,14). The van der Waals surface area contributed by atoms with Crippen LogP contribution in [0.15, 0.2) is 5.11 Å². The van der Waals surface area contributed by atoms with Crippen LogP contribution in [0.1, 0.15) is 12.8 Å². The lowest BCUT2D eigenvalue weighted by Gasteiger charge is -2.05. The van der Waals surface area contributed by atoms with Crippen molar-refractivity contribution in [2.75, 3.05) is 6.54 Å². The molecule has 0 heterocycles. The molecular formula is C6H11N5O3. The lowest BCUT2D eigenvalue weighted by molar-refractivity contribution is -0.138. The second-order valence-electron chi connectivity index (χ2n) is 2.49. The summed E-state index contributed by atoms with van der Waals surface area (Å²) >= 11 is 0. The second-order valence-corrected chi connectivity index (χ2v) is 2.49. The molecule has 14 heavy (non-hydrogen) atoms. The van der Waals surface area contributed by atoms with Crippen LogP contribution in [-0.2, 0) is 4.79 Å². The number of rotatable bonds is 6. The van der Waals surface area contributed by atoms with Gasteiger partial charge in [0.1, 0.15) is 6.04 Å². The Kier molecular flexibility index (Phi) is 5.64. The van der Waals surface area contributed by atoms with E-state index in [0.29, 0.717) is 6.42 Å². The maximum Gasteiger partial charge on any atom is 0.312 e. The molecule has 0 aliphatic heterocycles. The fourth-order valence-electron chi connectivity index (χ4n) is 0.800. The number of nitrogens with zero attached hydrogens (tertiary/aromatic N) is 3. The molecule has 1 atom stereocenters. The van der Waals surface area contributed by atoms with Crippen molar-refractivity contribution in [2.24, 2.45) is 10.8 Å². The second kappa shape index (κ2) is 6.55. The summed E-state index contributed by atoms with van der Waals surface area (Å²) in [4.78, 5) is 23.1. The van der Waals surface area contributed by atoms with Gasteiger partial charge in [-0.3, -0.25) is 4.79 Å². The lowest BCUT2D eigenvalue weighted by Crippen LogP contribution is -2.30. The van der Waals surface area contributed by atoms with E-state index in [1.54, 1.807) is 0 Å². The molecule has 0 aliphatic rings. The van der Waals surface area contributed by atoms with Crippen LogP contribution in [0.3, 0.4) is 0 Å². The Bertz CT molecular complexity index is 258. The molecule has 1 unspecified atom stereocenters. The largest absolute Gasteiger partial charge is 0.481 e. The van der Waals surface area contributed by atoms with Crippen LogP contribution in [0.25, 0.3) is 10.4 Å². The van der Waals surface area contributed by atoms with Gasteiger partial charge in [0.05, 0.1) is 0 Å². The summed E-state index contributed by atoms with van der Waals surface area (Å²) in [5, 5.41) is 13.9. The predicted octanol–water partition coefficient (Wildman–Crippen LogP) is 0.198. The molecule has 78 valence electrons. The smallest absolute Gasteiger partial charge is 0.312 e. The van der Waals surface area contributed by atoms with Gasteiger partial charge in [-0.1, -0.05) is 5.11 Å². The van der Waals surface area contributed by atoms with Gasteiger partial charge in [-0.05, 0) is 18.4 Å². The third-order valence-corrected chi connectivity index (χ3v) is 1.43. The van der Waals surface area contributed by atoms with Crippen LogP contribution in [0, 0.1) is 0 Å². The van der Waals surface area contributed by atoms with Crippen molar-refractivity contribution < 1.29 is 14.7 Å². The average molecular weight is 201 g/mol. The molecule has 8 heteroatoms. The maximum atomic E-state index is 10.4. The van der Waals surface area contributed by atoms with Crippen LogP contribution >= 0.6 is 0 Å². The summed E-state index contributed by atoms with van der Waals surface area (Å²) < 4.78 is 0. The summed E-state index contributed by atoms with van der Waals surface area (Å²) in [7, 11) is 0. The Morgan fingerprint density at radius 3 is 2.71 bits per heavy atom. The normalized spacial score (nSPS) is 11.1. The summed E-state index contributed by atoms with van der Waals surface area (Å²) in [6, 6.07) is -1.75. The average Bonchev–Trinajstić information content (AvgIpc) is 2.09. The minimum atomic E-state index is -1.18. The summed E-state index contributed by atoms with van der Waals surface area (Å²) in [6.45, 7) is 0.264. The highest BCUT2D eigenvalue weighted by molar-refractivity contribution is 5.73. The molecule has 0 rings (SSSR count).